The predicted octanol–water partition coefficient (Wildman–Crippen LogP) is 1.70. The lowest BCUT2D eigenvalue weighted by molar-refractivity contribution is -0.150. The molecule has 34 heavy (non-hydrogen) atoms. The van der Waals surface area contributed by atoms with Crippen LogP contribution in [0.4, 0.5) is 0 Å². The Hall–Kier alpha value is 0.710. The Balaban J connectivity index is 0.000000757. The Morgan fingerprint density at radius 2 is 0.971 bits per heavy atom. The molecule has 5 N–H and O–H groups in total. The second kappa shape index (κ2) is 16.5. The molecule has 0 saturated heterocycles. The summed E-state index contributed by atoms with van der Waals surface area (Å²) in [7, 11) is 0. The van der Waals surface area contributed by atoms with Crippen LogP contribution in [0.15, 0.2) is 12.2 Å². The molecule has 0 atom stereocenters. The molecule has 0 amide bonds. The van der Waals surface area contributed by atoms with Crippen LogP contribution in [-0.4, -0.2) is 117 Å². The van der Waals surface area contributed by atoms with Crippen molar-refractivity contribution in [1.29, 1.82) is 0 Å². The summed E-state index contributed by atoms with van der Waals surface area (Å²) >= 11 is 35.3. The molecule has 0 spiro atoms. The van der Waals surface area contributed by atoms with Crippen molar-refractivity contribution in [2.45, 2.75) is 39.2 Å². The number of ether oxygens (including phenoxy) is 2. The van der Waals surface area contributed by atoms with Crippen molar-refractivity contribution in [3.05, 3.63) is 12.2 Å². The molecule has 8 nitrogen and oxygen atoms in total. The number of carbonyl (C=O) groups excluding carboxylic acids is 1. The summed E-state index contributed by atoms with van der Waals surface area (Å²) in [6.07, 6.45) is 0. The van der Waals surface area contributed by atoms with Gasteiger partial charge in [0.15, 0.2) is 0 Å². The Morgan fingerprint density at radius 3 is 1.24 bits per heavy atom. The molecular formula is C20H32Cl6O8. The molecule has 0 bridgehead atoms. The van der Waals surface area contributed by atoms with Gasteiger partial charge in [0.25, 0.3) is 0 Å². The van der Waals surface area contributed by atoms with Gasteiger partial charge < -0.3 is 35.0 Å². The third-order valence-corrected chi connectivity index (χ3v) is 9.21. The minimum Gasteiger partial charge on any atom is -0.461 e. The predicted molar refractivity (Wildman–Crippen MR) is 135 cm³/mol. The quantitative estimate of drug-likeness (QED) is 0.128. The summed E-state index contributed by atoms with van der Waals surface area (Å²) in [4.78, 5) is 11.4. The zero-order chi connectivity index (χ0) is 26.7. The van der Waals surface area contributed by atoms with E-state index in [-0.39, 0.29) is 25.4 Å². The van der Waals surface area contributed by atoms with E-state index in [4.69, 9.17) is 79.1 Å². The third kappa shape index (κ3) is 9.88. The molecule has 1 saturated carbocycles. The van der Waals surface area contributed by atoms with E-state index in [1.54, 1.807) is 0 Å². The smallest absolute Gasteiger partial charge is 0.333 e. The highest BCUT2D eigenvalue weighted by atomic mass is 35.5. The summed E-state index contributed by atoms with van der Waals surface area (Å²) in [6, 6.07) is 0. The monoisotopic (exact) mass is 610 g/mol. The lowest BCUT2D eigenvalue weighted by Gasteiger charge is -2.37. The molecular weight excluding hydrogens is 581 g/mol. The van der Waals surface area contributed by atoms with Gasteiger partial charge in [-0.3, -0.25) is 0 Å². The molecule has 0 aliphatic heterocycles. The Morgan fingerprint density at radius 1 is 0.676 bits per heavy atom. The number of alkyl halides is 6. The molecule has 1 aliphatic rings. The zero-order valence-electron chi connectivity index (χ0n) is 18.6. The average molecular weight is 613 g/mol. The summed E-state index contributed by atoms with van der Waals surface area (Å²) in [5.74, 6) is -0.651. The summed E-state index contributed by atoms with van der Waals surface area (Å²) in [5, 5.41) is 43.8. The third-order valence-electron chi connectivity index (χ3n) is 5.18. The molecule has 0 radical (unpaired) electrons. The highest BCUT2D eigenvalue weighted by Crippen LogP contribution is 2.39. The number of carbonyl (C=O) groups is 1. The molecule has 0 aromatic carbocycles. The molecule has 0 aromatic rings. The maximum Gasteiger partial charge on any atom is 0.333 e. The van der Waals surface area contributed by atoms with E-state index in [9.17, 15) is 30.3 Å². The van der Waals surface area contributed by atoms with Crippen molar-refractivity contribution in [2.75, 3.05) is 52.9 Å². The van der Waals surface area contributed by atoms with Crippen LogP contribution in [-0.2, 0) is 14.3 Å². The van der Waals surface area contributed by atoms with Crippen molar-refractivity contribution >= 4 is 75.6 Å². The Bertz CT molecular complexity index is 553. The second-order valence-corrected chi connectivity index (χ2v) is 11.3. The van der Waals surface area contributed by atoms with Crippen molar-refractivity contribution in [2.24, 2.45) is 10.8 Å². The van der Waals surface area contributed by atoms with Crippen molar-refractivity contribution in [1.82, 2.24) is 0 Å². The Labute approximate surface area is 229 Å². The summed E-state index contributed by atoms with van der Waals surface area (Å²) < 4.78 is 10.2. The van der Waals surface area contributed by atoms with E-state index in [0.717, 1.165) is 0 Å². The van der Waals surface area contributed by atoms with E-state index >= 15 is 0 Å². The topological polar surface area (TPSA) is 137 Å². The first-order chi connectivity index (χ1) is 15.8. The van der Waals surface area contributed by atoms with E-state index in [0.29, 0.717) is 0 Å². The van der Waals surface area contributed by atoms with Gasteiger partial charge in [0.2, 0.25) is 0 Å². The number of rotatable bonds is 12. The lowest BCUT2D eigenvalue weighted by Crippen LogP contribution is -2.52. The maximum absolute atomic E-state index is 11.4. The first-order valence-electron chi connectivity index (χ1n) is 10.1. The largest absolute Gasteiger partial charge is 0.461 e. The number of hydrogen-bond donors (Lipinski definition) is 5. The van der Waals surface area contributed by atoms with Crippen LogP contribution in [0.25, 0.3) is 0 Å². The van der Waals surface area contributed by atoms with Crippen molar-refractivity contribution in [3.8, 4) is 0 Å². The lowest BCUT2D eigenvalue weighted by atomic mass is 9.90. The standard InChI is InChI=1S/C14H26O8.C6H6Cl6/c1-11(2)12(20)22-10-14(6-18,7-19)9-21-8-13(3-15,4-16)5-17;7-1-2(8)4(10)6(12)5(11)3(1)9/h15-19H,1,3-10H2,2H3;1-6H/t;1-,2-,3-,4+,5+,6+. The van der Waals surface area contributed by atoms with Gasteiger partial charge in [-0.25, -0.2) is 4.79 Å². The number of esters is 1. The summed E-state index contributed by atoms with van der Waals surface area (Å²) in [6.45, 7) is 1.76. The highest BCUT2D eigenvalue weighted by Gasteiger charge is 2.47. The normalized spacial score (nSPS) is 27.5. The van der Waals surface area contributed by atoms with Gasteiger partial charge in [-0.1, -0.05) is 6.58 Å². The van der Waals surface area contributed by atoms with Gasteiger partial charge in [0.1, 0.15) is 6.61 Å². The number of hydrogen-bond acceptors (Lipinski definition) is 8. The van der Waals surface area contributed by atoms with Crippen LogP contribution in [0.1, 0.15) is 6.92 Å². The van der Waals surface area contributed by atoms with E-state index in [2.05, 4.69) is 6.58 Å². The van der Waals surface area contributed by atoms with Crippen LogP contribution >= 0.6 is 69.6 Å². The summed E-state index contributed by atoms with van der Waals surface area (Å²) in [5.41, 5.74) is -2.26. The number of halogens is 6. The number of aliphatic hydroxyl groups excluding tert-OH is 5. The van der Waals surface area contributed by atoms with Crippen LogP contribution in [0.2, 0.25) is 0 Å². The molecule has 1 aliphatic carbocycles. The SMILES string of the molecule is C=C(C)C(=O)OCC(CO)(CO)COCC(CO)(CO)CO.Cl[C@H]1[C@H](Cl)[C@@H](Cl)[C@@H](Cl)[C@H](Cl)[C@H]1Cl. The fourth-order valence-electron chi connectivity index (χ4n) is 2.44. The van der Waals surface area contributed by atoms with Crippen LogP contribution in [0.5, 0.6) is 0 Å². The molecule has 0 heterocycles. The molecule has 202 valence electrons. The fourth-order valence-corrected chi connectivity index (χ4v) is 4.77. The van der Waals surface area contributed by atoms with Gasteiger partial charge in [-0.15, -0.1) is 69.6 Å². The van der Waals surface area contributed by atoms with Gasteiger partial charge in [0, 0.05) is 5.57 Å². The zero-order valence-corrected chi connectivity index (χ0v) is 23.1. The van der Waals surface area contributed by atoms with Crippen molar-refractivity contribution in [3.63, 3.8) is 0 Å². The van der Waals surface area contributed by atoms with Crippen molar-refractivity contribution < 1.29 is 39.8 Å². The second-order valence-electron chi connectivity index (χ2n) is 8.31. The van der Waals surface area contributed by atoms with E-state index in [1.165, 1.54) is 6.92 Å². The van der Waals surface area contributed by atoms with Crippen LogP contribution < -0.4 is 0 Å². The highest BCUT2D eigenvalue weighted by molar-refractivity contribution is 6.45. The van der Waals surface area contributed by atoms with Crippen LogP contribution in [0, 0.1) is 10.8 Å². The first-order valence-corrected chi connectivity index (χ1v) is 12.7. The number of aliphatic hydroxyl groups is 5. The van der Waals surface area contributed by atoms with Gasteiger partial charge in [-0.05, 0) is 6.92 Å². The first kappa shape index (κ1) is 34.7. The molecule has 0 unspecified atom stereocenters. The minimum absolute atomic E-state index is 0.186. The fraction of sp³-hybridized carbons (Fsp3) is 0.850. The average Bonchev–Trinajstić information content (AvgIpc) is 2.85. The molecule has 1 rings (SSSR count). The van der Waals surface area contributed by atoms with E-state index < -0.39 is 82.1 Å². The van der Waals surface area contributed by atoms with Gasteiger partial charge in [0.05, 0.1) is 89.3 Å². The van der Waals surface area contributed by atoms with E-state index in [1.807, 2.05) is 0 Å². The minimum atomic E-state index is -1.22. The maximum atomic E-state index is 11.4. The van der Waals surface area contributed by atoms with Gasteiger partial charge in [-0.2, -0.15) is 0 Å². The van der Waals surface area contributed by atoms with Gasteiger partial charge >= 0.3 is 5.97 Å². The molecule has 0 aromatic heterocycles. The van der Waals surface area contributed by atoms with Crippen LogP contribution in [0.3, 0.4) is 0 Å². The Kier molecular flexibility index (Phi) is 16.9. The molecule has 14 heteroatoms. The molecule has 1 fully saturated rings.